The summed E-state index contributed by atoms with van der Waals surface area (Å²) < 4.78 is 29.4. The molecule has 0 aliphatic heterocycles. The van der Waals surface area contributed by atoms with Crippen LogP contribution in [0, 0.1) is 11.8 Å². The summed E-state index contributed by atoms with van der Waals surface area (Å²) in [6.45, 7) is -0.183. The Morgan fingerprint density at radius 3 is 2.70 bits per heavy atom. The van der Waals surface area contributed by atoms with E-state index >= 15 is 0 Å². The number of rotatable bonds is 9. The van der Waals surface area contributed by atoms with Crippen molar-refractivity contribution in [3.63, 3.8) is 0 Å². The van der Waals surface area contributed by atoms with Crippen LogP contribution in [-0.4, -0.2) is 29.7 Å². The smallest absolute Gasteiger partial charge is 0.274 e. The highest BCUT2D eigenvalue weighted by molar-refractivity contribution is 7.87. The van der Waals surface area contributed by atoms with Crippen molar-refractivity contribution in [3.05, 3.63) is 11.7 Å². The molecule has 1 aromatic rings. The van der Waals surface area contributed by atoms with E-state index in [0.717, 1.165) is 25.2 Å². The fourth-order valence-electron chi connectivity index (χ4n) is 4.25. The SMILES string of the molecule is NS(=O)(=O)NCc1noc(C2(CC(=O)NO)C[C@H]2CCC2CCCCC2)n1. The van der Waals surface area contributed by atoms with Crippen LogP contribution in [0.5, 0.6) is 0 Å². The lowest BCUT2D eigenvalue weighted by Gasteiger charge is -2.21. The molecule has 11 heteroatoms. The molecule has 152 valence electrons. The second kappa shape index (κ2) is 8.21. The maximum absolute atomic E-state index is 11.8. The molecule has 0 saturated heterocycles. The van der Waals surface area contributed by atoms with Gasteiger partial charge < -0.3 is 4.52 Å². The van der Waals surface area contributed by atoms with Gasteiger partial charge in [0.05, 0.1) is 12.0 Å². The summed E-state index contributed by atoms with van der Waals surface area (Å²) in [6.07, 6.45) is 9.30. The Kier molecular flexibility index (Phi) is 6.14. The minimum atomic E-state index is -3.86. The van der Waals surface area contributed by atoms with Crippen LogP contribution in [0.1, 0.15) is 69.5 Å². The highest BCUT2D eigenvalue weighted by Crippen LogP contribution is 2.58. The number of nitrogens with zero attached hydrogens (tertiary/aromatic N) is 2. The van der Waals surface area contributed by atoms with Crippen LogP contribution in [0.15, 0.2) is 4.52 Å². The first-order valence-corrected chi connectivity index (χ1v) is 10.9. The van der Waals surface area contributed by atoms with Crippen molar-refractivity contribution >= 4 is 16.1 Å². The van der Waals surface area contributed by atoms with Crippen LogP contribution < -0.4 is 15.3 Å². The molecule has 2 aliphatic carbocycles. The third kappa shape index (κ3) is 5.24. The highest BCUT2D eigenvalue weighted by Gasteiger charge is 2.59. The topological polar surface area (TPSA) is 160 Å². The summed E-state index contributed by atoms with van der Waals surface area (Å²) >= 11 is 0. The molecule has 5 N–H and O–H groups in total. The number of nitrogens with two attached hydrogens (primary N) is 1. The van der Waals surface area contributed by atoms with Gasteiger partial charge in [-0.1, -0.05) is 43.7 Å². The van der Waals surface area contributed by atoms with Crippen molar-refractivity contribution < 1.29 is 22.9 Å². The zero-order chi connectivity index (χ0) is 19.5. The van der Waals surface area contributed by atoms with Crippen LogP contribution in [0.4, 0.5) is 0 Å². The molecule has 2 saturated carbocycles. The number of hydrogen-bond donors (Lipinski definition) is 4. The van der Waals surface area contributed by atoms with Gasteiger partial charge in [-0.05, 0) is 24.7 Å². The lowest BCUT2D eigenvalue weighted by atomic mass is 9.84. The Bertz CT molecular complexity index is 761. The van der Waals surface area contributed by atoms with E-state index in [1.54, 1.807) is 5.48 Å². The Hall–Kier alpha value is -1.56. The van der Waals surface area contributed by atoms with Crippen LogP contribution in [0.3, 0.4) is 0 Å². The number of carbonyl (C=O) groups excluding carboxylic acids is 1. The van der Waals surface area contributed by atoms with E-state index in [1.807, 2.05) is 0 Å². The van der Waals surface area contributed by atoms with Gasteiger partial charge in [-0.15, -0.1) is 0 Å². The third-order valence-electron chi connectivity index (χ3n) is 5.81. The molecule has 0 aromatic carbocycles. The molecule has 3 rings (SSSR count). The standard InChI is InChI=1S/C16H27N5O5S/c17-27(24,25)18-10-13-19-15(26-21-13)16(9-14(22)20-23)8-12(16)7-6-11-4-2-1-3-5-11/h11-12,18,23H,1-10H2,(H,20,22)(H2,17,24,25)/t12-,16?/m1/s1. The van der Waals surface area contributed by atoms with E-state index in [9.17, 15) is 13.2 Å². The van der Waals surface area contributed by atoms with Gasteiger partial charge in [-0.25, -0.2) is 10.6 Å². The summed E-state index contributed by atoms with van der Waals surface area (Å²) in [5, 5.41) is 17.6. The predicted octanol–water partition coefficient (Wildman–Crippen LogP) is 0.876. The van der Waals surface area contributed by atoms with E-state index in [2.05, 4.69) is 14.9 Å². The van der Waals surface area contributed by atoms with Gasteiger partial charge in [-0.3, -0.25) is 10.0 Å². The second-order valence-corrected chi connectivity index (χ2v) is 9.11. The van der Waals surface area contributed by atoms with Crippen LogP contribution in [0.25, 0.3) is 0 Å². The van der Waals surface area contributed by atoms with Gasteiger partial charge in [0.2, 0.25) is 11.8 Å². The molecule has 1 unspecified atom stereocenters. The molecule has 0 bridgehead atoms. The summed E-state index contributed by atoms with van der Waals surface area (Å²) in [4.78, 5) is 16.1. The third-order valence-corrected chi connectivity index (χ3v) is 6.35. The van der Waals surface area contributed by atoms with Crippen LogP contribution in [0.2, 0.25) is 0 Å². The molecule has 2 fully saturated rings. The maximum atomic E-state index is 11.8. The van der Waals surface area contributed by atoms with Gasteiger partial charge in [0.15, 0.2) is 5.82 Å². The van der Waals surface area contributed by atoms with Crippen molar-refractivity contribution in [2.24, 2.45) is 17.0 Å². The molecule has 1 aromatic heterocycles. The first kappa shape index (κ1) is 20.2. The van der Waals surface area contributed by atoms with Crippen molar-refractivity contribution in [1.29, 1.82) is 0 Å². The largest absolute Gasteiger partial charge is 0.339 e. The Morgan fingerprint density at radius 2 is 2.04 bits per heavy atom. The molecule has 2 atom stereocenters. The van der Waals surface area contributed by atoms with Crippen molar-refractivity contribution in [1.82, 2.24) is 20.3 Å². The molecule has 27 heavy (non-hydrogen) atoms. The monoisotopic (exact) mass is 401 g/mol. The van der Waals surface area contributed by atoms with Crippen molar-refractivity contribution in [2.75, 3.05) is 0 Å². The number of amides is 1. The van der Waals surface area contributed by atoms with Gasteiger partial charge in [-0.2, -0.15) is 18.1 Å². The van der Waals surface area contributed by atoms with Gasteiger partial charge in [0, 0.05) is 6.42 Å². The highest BCUT2D eigenvalue weighted by atomic mass is 32.2. The molecule has 1 amide bonds. The molecular weight excluding hydrogens is 374 g/mol. The van der Waals surface area contributed by atoms with Crippen LogP contribution in [-0.2, 0) is 27.0 Å². The maximum Gasteiger partial charge on any atom is 0.274 e. The van der Waals surface area contributed by atoms with Gasteiger partial charge in [0.25, 0.3) is 10.2 Å². The van der Waals surface area contributed by atoms with E-state index in [1.165, 1.54) is 32.1 Å². The minimum Gasteiger partial charge on any atom is -0.339 e. The first-order chi connectivity index (χ1) is 12.8. The number of aromatic nitrogens is 2. The molecular formula is C16H27N5O5S. The molecule has 1 heterocycles. The summed E-state index contributed by atoms with van der Waals surface area (Å²) in [5.41, 5.74) is 1.08. The number of hydroxylamine groups is 1. The van der Waals surface area contributed by atoms with Crippen molar-refractivity contribution in [3.8, 4) is 0 Å². The summed E-state index contributed by atoms with van der Waals surface area (Å²) in [5.74, 6) is 0.932. The van der Waals surface area contributed by atoms with E-state index in [4.69, 9.17) is 14.9 Å². The van der Waals surface area contributed by atoms with Crippen molar-refractivity contribution in [2.45, 2.75) is 69.7 Å². The summed E-state index contributed by atoms with van der Waals surface area (Å²) in [6, 6.07) is 0. The lowest BCUT2D eigenvalue weighted by Crippen LogP contribution is -2.30. The zero-order valence-corrected chi connectivity index (χ0v) is 16.0. The molecule has 0 radical (unpaired) electrons. The average Bonchev–Trinajstić information content (AvgIpc) is 3.11. The molecule has 10 nitrogen and oxygen atoms in total. The van der Waals surface area contributed by atoms with Crippen LogP contribution >= 0.6 is 0 Å². The quantitative estimate of drug-likeness (QED) is 0.353. The van der Waals surface area contributed by atoms with E-state index in [-0.39, 0.29) is 24.7 Å². The number of nitrogens with one attached hydrogen (secondary N) is 2. The van der Waals surface area contributed by atoms with E-state index in [0.29, 0.717) is 5.89 Å². The lowest BCUT2D eigenvalue weighted by molar-refractivity contribution is -0.130. The number of hydrogen-bond acceptors (Lipinski definition) is 7. The molecule has 0 spiro atoms. The average molecular weight is 401 g/mol. The zero-order valence-electron chi connectivity index (χ0n) is 15.2. The fraction of sp³-hybridized carbons (Fsp3) is 0.812. The molecule has 2 aliphatic rings. The summed E-state index contributed by atoms with van der Waals surface area (Å²) in [7, 11) is -3.86. The minimum absolute atomic E-state index is 0.0586. The van der Waals surface area contributed by atoms with Gasteiger partial charge in [0.1, 0.15) is 0 Å². The Balaban J connectivity index is 1.65. The second-order valence-electron chi connectivity index (χ2n) is 7.73. The van der Waals surface area contributed by atoms with Gasteiger partial charge >= 0.3 is 0 Å². The predicted molar refractivity (Wildman–Crippen MR) is 94.4 cm³/mol. The first-order valence-electron chi connectivity index (χ1n) is 9.36. The van der Waals surface area contributed by atoms with E-state index < -0.39 is 21.5 Å². The Labute approximate surface area is 158 Å². The normalized spacial score (nSPS) is 26.1. The number of carbonyl (C=O) groups is 1. The fourth-order valence-corrected chi connectivity index (χ4v) is 4.58. The Morgan fingerprint density at radius 1 is 1.30 bits per heavy atom.